The van der Waals surface area contributed by atoms with Crippen LogP contribution in [0.5, 0.6) is 11.6 Å². The number of nitrogens with zero attached hydrogens (tertiary/aromatic N) is 2. The van der Waals surface area contributed by atoms with Crippen LogP contribution in [0, 0.1) is 0 Å². The minimum absolute atomic E-state index is 0.00162. The molecule has 0 saturated carbocycles. The van der Waals surface area contributed by atoms with E-state index in [1.807, 2.05) is 12.1 Å². The number of likely N-dealkylation sites (tertiary alicyclic amines) is 1. The highest BCUT2D eigenvalue weighted by molar-refractivity contribution is 9.10. The minimum Gasteiger partial charge on any atom is -0.484 e. The highest BCUT2D eigenvalue weighted by atomic mass is 79.9. The first-order valence-corrected chi connectivity index (χ1v) is 8.72. The molecule has 1 atom stereocenters. The zero-order valence-electron chi connectivity index (χ0n) is 12.8. The monoisotopic (exact) mass is 410 g/mol. The smallest absolute Gasteiger partial charge is 0.260 e. The van der Waals surface area contributed by atoms with E-state index in [0.717, 1.165) is 10.9 Å². The van der Waals surface area contributed by atoms with Crippen LogP contribution in [-0.2, 0) is 4.79 Å². The van der Waals surface area contributed by atoms with Crippen molar-refractivity contribution in [3.05, 3.63) is 52.1 Å². The van der Waals surface area contributed by atoms with Crippen molar-refractivity contribution in [1.82, 2.24) is 9.88 Å². The van der Waals surface area contributed by atoms with Gasteiger partial charge in [-0.05, 0) is 52.3 Å². The van der Waals surface area contributed by atoms with E-state index in [4.69, 9.17) is 21.1 Å². The van der Waals surface area contributed by atoms with E-state index in [9.17, 15) is 4.79 Å². The molecule has 3 rings (SSSR count). The van der Waals surface area contributed by atoms with Crippen molar-refractivity contribution in [2.24, 2.45) is 0 Å². The summed E-state index contributed by atoms with van der Waals surface area (Å²) >= 11 is 9.22. The zero-order valence-corrected chi connectivity index (χ0v) is 15.2. The van der Waals surface area contributed by atoms with E-state index in [-0.39, 0.29) is 18.6 Å². The van der Waals surface area contributed by atoms with Crippen molar-refractivity contribution >= 4 is 33.4 Å². The third kappa shape index (κ3) is 4.39. The largest absolute Gasteiger partial charge is 0.484 e. The number of carbonyl (C=O) groups excluding carboxylic acids is 1. The number of halogens is 2. The first-order chi connectivity index (χ1) is 11.6. The molecule has 0 unspecified atom stereocenters. The summed E-state index contributed by atoms with van der Waals surface area (Å²) in [5.74, 6) is 1.11. The second-order valence-electron chi connectivity index (χ2n) is 5.40. The molecule has 1 amide bonds. The maximum absolute atomic E-state index is 12.2. The van der Waals surface area contributed by atoms with E-state index in [1.165, 1.54) is 0 Å². The highest BCUT2D eigenvalue weighted by Crippen LogP contribution is 2.24. The lowest BCUT2D eigenvalue weighted by Crippen LogP contribution is -2.34. The first kappa shape index (κ1) is 17.0. The van der Waals surface area contributed by atoms with Crippen LogP contribution in [-0.4, -0.2) is 41.6 Å². The topological polar surface area (TPSA) is 51.7 Å². The van der Waals surface area contributed by atoms with Crippen molar-refractivity contribution in [3.63, 3.8) is 0 Å². The summed E-state index contributed by atoms with van der Waals surface area (Å²) in [6.07, 6.45) is 2.39. The van der Waals surface area contributed by atoms with E-state index in [2.05, 4.69) is 20.9 Å². The van der Waals surface area contributed by atoms with Gasteiger partial charge in [-0.1, -0.05) is 11.6 Å². The number of carbonyl (C=O) groups is 1. The molecule has 2 heterocycles. The summed E-state index contributed by atoms with van der Waals surface area (Å²) in [5, 5.41) is 0.633. The van der Waals surface area contributed by atoms with Crippen LogP contribution in [0.15, 0.2) is 47.1 Å². The van der Waals surface area contributed by atoms with E-state index < -0.39 is 0 Å². The summed E-state index contributed by atoms with van der Waals surface area (Å²) in [6.45, 7) is 1.19. The molecule has 5 nitrogen and oxygen atoms in total. The van der Waals surface area contributed by atoms with Gasteiger partial charge in [0.25, 0.3) is 5.91 Å². The Kier molecular flexibility index (Phi) is 5.58. The van der Waals surface area contributed by atoms with Gasteiger partial charge in [-0.25, -0.2) is 4.98 Å². The van der Waals surface area contributed by atoms with E-state index in [0.29, 0.717) is 29.7 Å². The van der Waals surface area contributed by atoms with Gasteiger partial charge < -0.3 is 14.4 Å². The maximum atomic E-state index is 12.2. The van der Waals surface area contributed by atoms with Gasteiger partial charge >= 0.3 is 0 Å². The second kappa shape index (κ2) is 7.85. The molecular weight excluding hydrogens is 396 g/mol. The number of ether oxygens (including phenoxy) is 2. The Morgan fingerprint density at radius 3 is 2.88 bits per heavy atom. The van der Waals surface area contributed by atoms with Crippen LogP contribution in [0.3, 0.4) is 0 Å². The zero-order chi connectivity index (χ0) is 16.9. The van der Waals surface area contributed by atoms with Crippen molar-refractivity contribution in [3.8, 4) is 11.6 Å². The molecule has 0 spiro atoms. The third-order valence-corrected chi connectivity index (χ3v) is 4.53. The Hall–Kier alpha value is -1.79. The summed E-state index contributed by atoms with van der Waals surface area (Å²) in [4.78, 5) is 18.2. The van der Waals surface area contributed by atoms with Crippen LogP contribution < -0.4 is 9.47 Å². The molecule has 126 valence electrons. The van der Waals surface area contributed by atoms with Gasteiger partial charge in [0.05, 0.1) is 11.0 Å². The van der Waals surface area contributed by atoms with Crippen molar-refractivity contribution in [2.45, 2.75) is 12.5 Å². The molecule has 1 aromatic carbocycles. The normalized spacial score (nSPS) is 16.9. The Labute approximate surface area is 153 Å². The molecule has 0 aliphatic carbocycles. The molecule has 1 fully saturated rings. The predicted molar refractivity (Wildman–Crippen MR) is 94.5 cm³/mol. The highest BCUT2D eigenvalue weighted by Gasteiger charge is 2.28. The van der Waals surface area contributed by atoms with Crippen molar-refractivity contribution in [2.75, 3.05) is 19.7 Å². The van der Waals surface area contributed by atoms with Gasteiger partial charge in [-0.2, -0.15) is 0 Å². The van der Waals surface area contributed by atoms with Gasteiger partial charge in [0.1, 0.15) is 11.9 Å². The van der Waals surface area contributed by atoms with Gasteiger partial charge in [-0.15, -0.1) is 0 Å². The first-order valence-electron chi connectivity index (χ1n) is 7.55. The van der Waals surface area contributed by atoms with Crippen LogP contribution in [0.1, 0.15) is 6.42 Å². The van der Waals surface area contributed by atoms with Crippen LogP contribution in [0.25, 0.3) is 0 Å². The molecule has 24 heavy (non-hydrogen) atoms. The summed E-state index contributed by atoms with van der Waals surface area (Å²) in [5.41, 5.74) is 0. The molecule has 1 saturated heterocycles. The fourth-order valence-corrected chi connectivity index (χ4v) is 2.91. The molecule has 2 aromatic rings. The summed E-state index contributed by atoms with van der Waals surface area (Å²) in [6, 6.07) is 10.6. The average Bonchev–Trinajstić information content (AvgIpc) is 3.05. The summed E-state index contributed by atoms with van der Waals surface area (Å²) < 4.78 is 12.2. The molecule has 7 heteroatoms. The number of amides is 1. The average molecular weight is 412 g/mol. The molecule has 0 bridgehead atoms. The maximum Gasteiger partial charge on any atom is 0.260 e. The van der Waals surface area contributed by atoms with E-state index >= 15 is 0 Å². The fraction of sp³-hybridized carbons (Fsp3) is 0.294. The predicted octanol–water partition coefficient (Wildman–Crippen LogP) is 3.56. The molecule has 1 aliphatic rings. The number of benzene rings is 1. The minimum atomic E-state index is -0.0596. The number of aromatic nitrogens is 1. The second-order valence-corrected chi connectivity index (χ2v) is 6.69. The SMILES string of the molecule is O=C(COc1ccc(Cl)cc1)N1CC[C@@H](Oc2ncccc2Br)C1. The number of hydrogen-bond acceptors (Lipinski definition) is 4. The van der Waals surface area contributed by atoms with Gasteiger partial charge in [0.15, 0.2) is 6.61 Å². The van der Waals surface area contributed by atoms with Gasteiger partial charge in [-0.3, -0.25) is 4.79 Å². The molecule has 0 N–H and O–H groups in total. The van der Waals surface area contributed by atoms with Gasteiger partial charge in [0.2, 0.25) is 5.88 Å². The van der Waals surface area contributed by atoms with Gasteiger partial charge in [0, 0.05) is 24.2 Å². The van der Waals surface area contributed by atoms with Crippen LogP contribution in [0.2, 0.25) is 5.02 Å². The number of rotatable bonds is 5. The lowest BCUT2D eigenvalue weighted by atomic mass is 10.3. The number of hydrogen-bond donors (Lipinski definition) is 0. The fourth-order valence-electron chi connectivity index (χ4n) is 2.43. The third-order valence-electron chi connectivity index (χ3n) is 3.68. The standard InChI is InChI=1S/C17H16BrClN2O3/c18-15-2-1-8-20-17(15)24-14-7-9-21(10-14)16(22)11-23-13-5-3-12(19)4-6-13/h1-6,8,14H,7,9-11H2/t14-/m1/s1. The lowest BCUT2D eigenvalue weighted by Gasteiger charge is -2.17. The quantitative estimate of drug-likeness (QED) is 0.755. The Morgan fingerprint density at radius 2 is 2.12 bits per heavy atom. The Bertz CT molecular complexity index is 711. The lowest BCUT2D eigenvalue weighted by molar-refractivity contribution is -0.132. The number of pyridine rings is 1. The van der Waals surface area contributed by atoms with Crippen molar-refractivity contribution in [1.29, 1.82) is 0 Å². The van der Waals surface area contributed by atoms with Crippen molar-refractivity contribution < 1.29 is 14.3 Å². The van der Waals surface area contributed by atoms with Crippen LogP contribution in [0.4, 0.5) is 0 Å². The Balaban J connectivity index is 1.49. The molecular formula is C17H16BrClN2O3. The molecule has 0 radical (unpaired) electrons. The van der Waals surface area contributed by atoms with Crippen LogP contribution >= 0.6 is 27.5 Å². The molecule has 1 aromatic heterocycles. The van der Waals surface area contributed by atoms with E-state index in [1.54, 1.807) is 35.4 Å². The molecule has 1 aliphatic heterocycles. The Morgan fingerprint density at radius 1 is 1.33 bits per heavy atom. The summed E-state index contributed by atoms with van der Waals surface area (Å²) in [7, 11) is 0.